The molecule has 3 nitrogen and oxygen atoms in total. The van der Waals surface area contributed by atoms with Gasteiger partial charge in [0.05, 0.1) is 10.7 Å². The number of nitrogens with zero attached hydrogens (tertiary/aromatic N) is 1. The molecule has 2 heterocycles. The van der Waals surface area contributed by atoms with Crippen molar-refractivity contribution in [1.29, 1.82) is 0 Å². The smallest absolute Gasteiger partial charge is 0.155 e. The van der Waals surface area contributed by atoms with Gasteiger partial charge in [0.2, 0.25) is 0 Å². The van der Waals surface area contributed by atoms with Gasteiger partial charge in [-0.15, -0.1) is 0 Å². The minimum Gasteiger partial charge on any atom is -0.456 e. The number of para-hydroxylation sites is 1. The normalized spacial score (nSPS) is 12.8. The van der Waals surface area contributed by atoms with Crippen molar-refractivity contribution in [2.45, 2.75) is 6.10 Å². The SMILES string of the molecule is OC(c1cc2cccc(Cl)c2o1)c1ncc(Br)cc1Br. The number of halogens is 3. The third kappa shape index (κ3) is 2.51. The second-order valence-corrected chi connectivity index (χ2v) is 6.41. The minimum atomic E-state index is -0.957. The highest BCUT2D eigenvalue weighted by Gasteiger charge is 2.20. The molecule has 0 amide bonds. The van der Waals surface area contributed by atoms with Crippen molar-refractivity contribution < 1.29 is 9.52 Å². The molecule has 20 heavy (non-hydrogen) atoms. The van der Waals surface area contributed by atoms with Gasteiger partial charge in [0.15, 0.2) is 11.7 Å². The van der Waals surface area contributed by atoms with E-state index in [2.05, 4.69) is 36.8 Å². The maximum atomic E-state index is 10.4. The van der Waals surface area contributed by atoms with Crippen LogP contribution >= 0.6 is 43.5 Å². The van der Waals surface area contributed by atoms with Gasteiger partial charge in [-0.25, -0.2) is 0 Å². The van der Waals surface area contributed by atoms with Gasteiger partial charge in [0, 0.05) is 20.5 Å². The molecular formula is C14H8Br2ClNO2. The van der Waals surface area contributed by atoms with E-state index in [9.17, 15) is 5.11 Å². The van der Waals surface area contributed by atoms with Gasteiger partial charge in [-0.1, -0.05) is 23.7 Å². The molecule has 6 heteroatoms. The maximum absolute atomic E-state index is 10.4. The number of aliphatic hydroxyl groups is 1. The quantitative estimate of drug-likeness (QED) is 0.632. The van der Waals surface area contributed by atoms with E-state index in [1.807, 2.05) is 18.2 Å². The fraction of sp³-hybridized carbons (Fsp3) is 0.0714. The van der Waals surface area contributed by atoms with Gasteiger partial charge in [0.25, 0.3) is 0 Å². The predicted octanol–water partition coefficient (Wildman–Crippen LogP) is 5.09. The Balaban J connectivity index is 2.08. The summed E-state index contributed by atoms with van der Waals surface area (Å²) in [5, 5.41) is 11.8. The third-order valence-corrected chi connectivity index (χ3v) is 4.25. The average molecular weight is 417 g/mol. The van der Waals surface area contributed by atoms with Gasteiger partial charge in [-0.2, -0.15) is 0 Å². The fourth-order valence-electron chi connectivity index (χ4n) is 1.94. The van der Waals surface area contributed by atoms with Crippen LogP contribution in [0, 0.1) is 0 Å². The molecule has 3 rings (SSSR count). The van der Waals surface area contributed by atoms with E-state index < -0.39 is 6.10 Å². The first-order chi connectivity index (χ1) is 9.56. The van der Waals surface area contributed by atoms with Crippen LogP contribution < -0.4 is 0 Å². The molecule has 0 spiro atoms. The van der Waals surface area contributed by atoms with Crippen LogP contribution in [0.3, 0.4) is 0 Å². The molecule has 1 unspecified atom stereocenters. The summed E-state index contributed by atoms with van der Waals surface area (Å²) in [5.41, 5.74) is 1.06. The summed E-state index contributed by atoms with van der Waals surface area (Å²) in [6, 6.07) is 9.05. The van der Waals surface area contributed by atoms with Crippen molar-refractivity contribution in [3.63, 3.8) is 0 Å². The van der Waals surface area contributed by atoms with Crippen molar-refractivity contribution in [2.24, 2.45) is 0 Å². The minimum absolute atomic E-state index is 0.406. The number of aliphatic hydroxyl groups excluding tert-OH is 1. The Bertz CT molecular complexity index is 788. The highest BCUT2D eigenvalue weighted by atomic mass is 79.9. The Hall–Kier alpha value is -0.880. The zero-order chi connectivity index (χ0) is 14.3. The Morgan fingerprint density at radius 1 is 1.25 bits per heavy atom. The van der Waals surface area contributed by atoms with E-state index in [4.69, 9.17) is 16.0 Å². The van der Waals surface area contributed by atoms with Gasteiger partial charge in [-0.05, 0) is 50.1 Å². The number of fused-ring (bicyclic) bond motifs is 1. The number of benzene rings is 1. The van der Waals surface area contributed by atoms with Crippen molar-refractivity contribution in [1.82, 2.24) is 4.98 Å². The second kappa shape index (κ2) is 5.48. The molecule has 0 aliphatic heterocycles. The molecule has 0 bridgehead atoms. The molecular weight excluding hydrogens is 409 g/mol. The van der Waals surface area contributed by atoms with Crippen molar-refractivity contribution in [2.75, 3.05) is 0 Å². The summed E-state index contributed by atoms with van der Waals surface area (Å²) in [7, 11) is 0. The van der Waals surface area contributed by atoms with Gasteiger partial charge >= 0.3 is 0 Å². The topological polar surface area (TPSA) is 46.3 Å². The summed E-state index contributed by atoms with van der Waals surface area (Å²) in [6.07, 6.45) is 0.666. The zero-order valence-electron chi connectivity index (χ0n) is 9.98. The molecule has 1 aromatic carbocycles. The Labute approximate surface area is 136 Å². The lowest BCUT2D eigenvalue weighted by Crippen LogP contribution is -2.02. The van der Waals surface area contributed by atoms with E-state index in [1.165, 1.54) is 0 Å². The lowest BCUT2D eigenvalue weighted by atomic mass is 10.1. The summed E-state index contributed by atoms with van der Waals surface area (Å²) < 4.78 is 7.17. The van der Waals surface area contributed by atoms with Crippen LogP contribution in [0.25, 0.3) is 11.0 Å². The van der Waals surface area contributed by atoms with Gasteiger partial charge in [0.1, 0.15) is 5.76 Å². The molecule has 3 aromatic rings. The van der Waals surface area contributed by atoms with Crippen LogP contribution in [0.4, 0.5) is 0 Å². The number of hydrogen-bond acceptors (Lipinski definition) is 3. The number of pyridine rings is 1. The predicted molar refractivity (Wildman–Crippen MR) is 84.9 cm³/mol. The van der Waals surface area contributed by atoms with Crippen LogP contribution in [0.1, 0.15) is 17.6 Å². The Morgan fingerprint density at radius 2 is 2.05 bits per heavy atom. The summed E-state index contributed by atoms with van der Waals surface area (Å²) >= 11 is 12.8. The molecule has 0 aliphatic carbocycles. The van der Waals surface area contributed by atoms with E-state index in [-0.39, 0.29) is 0 Å². The van der Waals surface area contributed by atoms with Crippen LogP contribution in [0.2, 0.25) is 5.02 Å². The first-order valence-corrected chi connectivity index (χ1v) is 7.69. The van der Waals surface area contributed by atoms with E-state index in [1.54, 1.807) is 18.3 Å². The molecule has 1 N–H and O–H groups in total. The molecule has 1 atom stereocenters. The Morgan fingerprint density at radius 3 is 2.75 bits per heavy atom. The highest BCUT2D eigenvalue weighted by molar-refractivity contribution is 9.11. The van der Waals surface area contributed by atoms with Crippen LogP contribution in [0.5, 0.6) is 0 Å². The second-order valence-electron chi connectivity index (χ2n) is 4.23. The van der Waals surface area contributed by atoms with E-state index in [0.717, 1.165) is 9.86 Å². The molecule has 0 aliphatic rings. The number of rotatable bonds is 2. The first kappa shape index (κ1) is 14.1. The molecule has 0 saturated heterocycles. The summed E-state index contributed by atoms with van der Waals surface area (Å²) in [4.78, 5) is 4.21. The van der Waals surface area contributed by atoms with E-state index >= 15 is 0 Å². The van der Waals surface area contributed by atoms with Crippen molar-refractivity contribution >= 4 is 54.4 Å². The molecule has 0 saturated carbocycles. The summed E-state index contributed by atoms with van der Waals surface area (Å²) in [5.74, 6) is 0.406. The maximum Gasteiger partial charge on any atom is 0.155 e. The molecule has 102 valence electrons. The number of aromatic nitrogens is 1. The Kier molecular flexibility index (Phi) is 3.86. The van der Waals surface area contributed by atoms with Gasteiger partial charge < -0.3 is 9.52 Å². The highest BCUT2D eigenvalue weighted by Crippen LogP contribution is 2.34. The molecule has 2 aromatic heterocycles. The van der Waals surface area contributed by atoms with Crippen molar-refractivity contribution in [3.8, 4) is 0 Å². The van der Waals surface area contributed by atoms with Crippen LogP contribution in [-0.2, 0) is 0 Å². The lowest BCUT2D eigenvalue weighted by molar-refractivity contribution is 0.187. The largest absolute Gasteiger partial charge is 0.456 e. The van der Waals surface area contributed by atoms with Crippen LogP contribution in [-0.4, -0.2) is 10.1 Å². The monoisotopic (exact) mass is 415 g/mol. The third-order valence-electron chi connectivity index (χ3n) is 2.88. The first-order valence-electron chi connectivity index (χ1n) is 5.73. The van der Waals surface area contributed by atoms with Gasteiger partial charge in [-0.3, -0.25) is 4.98 Å². The lowest BCUT2D eigenvalue weighted by Gasteiger charge is -2.09. The fourth-order valence-corrected chi connectivity index (χ4v) is 3.37. The van der Waals surface area contributed by atoms with E-state index in [0.29, 0.717) is 26.5 Å². The molecule has 0 fully saturated rings. The molecule has 0 radical (unpaired) electrons. The zero-order valence-corrected chi connectivity index (χ0v) is 13.9. The van der Waals surface area contributed by atoms with Crippen molar-refractivity contribution in [3.05, 3.63) is 62.0 Å². The average Bonchev–Trinajstić information content (AvgIpc) is 2.83. The van der Waals surface area contributed by atoms with Crippen LogP contribution in [0.15, 0.2) is 49.9 Å². The standard InChI is InChI=1S/C14H8Br2ClNO2/c15-8-5-9(16)12(18-6-8)13(19)11-4-7-2-1-3-10(17)14(7)20-11/h1-6,13,19H. The number of furan rings is 1. The summed E-state index contributed by atoms with van der Waals surface area (Å²) in [6.45, 7) is 0. The number of hydrogen-bond donors (Lipinski definition) is 1.